The molecule has 1 aromatic heterocycles. The van der Waals surface area contributed by atoms with Crippen molar-refractivity contribution in [1.29, 1.82) is 0 Å². The highest BCUT2D eigenvalue weighted by Crippen LogP contribution is 2.17. The van der Waals surface area contributed by atoms with Gasteiger partial charge in [0.05, 0.1) is 6.61 Å². The molecule has 0 saturated heterocycles. The fourth-order valence-corrected chi connectivity index (χ4v) is 1.68. The highest BCUT2D eigenvalue weighted by atomic mass is 16.6. The molecule has 2 N–H and O–H groups in total. The fourth-order valence-electron chi connectivity index (χ4n) is 1.68. The van der Waals surface area contributed by atoms with Crippen molar-refractivity contribution < 1.29 is 24.2 Å². The summed E-state index contributed by atoms with van der Waals surface area (Å²) >= 11 is 0. The van der Waals surface area contributed by atoms with Gasteiger partial charge < -0.3 is 19.9 Å². The number of nitrogens with one attached hydrogen (secondary N) is 1. The van der Waals surface area contributed by atoms with Crippen molar-refractivity contribution in [3.8, 4) is 0 Å². The van der Waals surface area contributed by atoms with E-state index in [9.17, 15) is 14.7 Å². The highest BCUT2D eigenvalue weighted by Gasteiger charge is 2.32. The molecule has 1 heterocycles. The first kappa shape index (κ1) is 17.9. The quantitative estimate of drug-likeness (QED) is 0.801. The van der Waals surface area contributed by atoms with Crippen molar-refractivity contribution in [2.75, 3.05) is 6.61 Å². The Labute approximate surface area is 129 Å². The number of hydrogen-bond donors (Lipinski definition) is 2. The zero-order valence-corrected chi connectivity index (χ0v) is 13.2. The molecule has 7 heteroatoms. The number of rotatable bonds is 5. The van der Waals surface area contributed by atoms with Gasteiger partial charge in [0.15, 0.2) is 6.04 Å². The highest BCUT2D eigenvalue weighted by molar-refractivity contribution is 5.82. The number of alkyl carbamates (subject to hydrolysis) is 1. The standard InChI is InChI=1S/C15H22N2O5/c1-5-21-13(19)11(17-14(20)22-15(2,3)4)12(18)10-7-6-8-16-9-10/h6-9,11-12,18H,5H2,1-4H3,(H,17,20)/t11-,12+/m1/s1. The molecule has 0 aliphatic heterocycles. The smallest absolute Gasteiger partial charge is 0.408 e. The maximum atomic E-state index is 12.0. The summed E-state index contributed by atoms with van der Waals surface area (Å²) in [5.41, 5.74) is -0.334. The first-order valence-electron chi connectivity index (χ1n) is 6.98. The molecule has 1 aromatic rings. The molecule has 0 saturated carbocycles. The summed E-state index contributed by atoms with van der Waals surface area (Å²) in [6, 6.07) is 1.94. The van der Waals surface area contributed by atoms with Crippen molar-refractivity contribution in [3.05, 3.63) is 30.1 Å². The summed E-state index contributed by atoms with van der Waals surface area (Å²) < 4.78 is 9.99. The molecule has 0 spiro atoms. The summed E-state index contributed by atoms with van der Waals surface area (Å²) in [5, 5.41) is 12.7. The normalized spacial score (nSPS) is 13.9. The summed E-state index contributed by atoms with van der Waals surface area (Å²) in [6.07, 6.45) is 0.846. The topological polar surface area (TPSA) is 97.8 Å². The van der Waals surface area contributed by atoms with Gasteiger partial charge in [-0.05, 0) is 33.8 Å². The van der Waals surface area contributed by atoms with Crippen molar-refractivity contribution in [2.45, 2.75) is 45.4 Å². The first-order valence-corrected chi connectivity index (χ1v) is 6.98. The second-order valence-electron chi connectivity index (χ2n) is 5.61. The second-order valence-corrected chi connectivity index (χ2v) is 5.61. The van der Waals surface area contributed by atoms with Gasteiger partial charge in [-0.1, -0.05) is 6.07 Å². The third kappa shape index (κ3) is 5.69. The lowest BCUT2D eigenvalue weighted by Gasteiger charge is -2.25. The number of carbonyl (C=O) groups is 2. The summed E-state index contributed by atoms with van der Waals surface area (Å²) in [6.45, 7) is 6.86. The van der Waals surface area contributed by atoms with Gasteiger partial charge in [-0.15, -0.1) is 0 Å². The molecule has 0 aliphatic carbocycles. The van der Waals surface area contributed by atoms with E-state index in [4.69, 9.17) is 9.47 Å². The minimum Gasteiger partial charge on any atom is -0.464 e. The van der Waals surface area contributed by atoms with Crippen LogP contribution in [0.2, 0.25) is 0 Å². The van der Waals surface area contributed by atoms with Crippen LogP contribution >= 0.6 is 0 Å². The first-order chi connectivity index (χ1) is 10.2. The lowest BCUT2D eigenvalue weighted by molar-refractivity contribution is -0.148. The van der Waals surface area contributed by atoms with Gasteiger partial charge in [-0.3, -0.25) is 4.98 Å². The maximum absolute atomic E-state index is 12.0. The number of carbonyl (C=O) groups excluding carboxylic acids is 2. The zero-order chi connectivity index (χ0) is 16.8. The molecule has 0 aromatic carbocycles. The number of esters is 1. The Bertz CT molecular complexity index is 498. The zero-order valence-electron chi connectivity index (χ0n) is 13.2. The second kappa shape index (κ2) is 7.74. The number of aliphatic hydroxyl groups excluding tert-OH is 1. The van der Waals surface area contributed by atoms with Crippen LogP contribution in [0.1, 0.15) is 39.4 Å². The Morgan fingerprint density at radius 2 is 2.09 bits per heavy atom. The van der Waals surface area contributed by atoms with E-state index in [1.807, 2.05) is 0 Å². The summed E-state index contributed by atoms with van der Waals surface area (Å²) in [7, 11) is 0. The van der Waals surface area contributed by atoms with Crippen LogP contribution in [0.25, 0.3) is 0 Å². The molecule has 7 nitrogen and oxygen atoms in total. The molecule has 0 radical (unpaired) electrons. The molecule has 0 bridgehead atoms. The summed E-state index contributed by atoms with van der Waals surface area (Å²) in [4.78, 5) is 27.7. The van der Waals surface area contributed by atoms with Crippen molar-refractivity contribution in [3.63, 3.8) is 0 Å². The van der Waals surface area contributed by atoms with Crippen LogP contribution in [-0.2, 0) is 14.3 Å². The predicted octanol–water partition coefficient (Wildman–Crippen LogP) is 1.57. The molecular weight excluding hydrogens is 288 g/mol. The van der Waals surface area contributed by atoms with E-state index in [1.165, 1.54) is 12.4 Å². The molecule has 122 valence electrons. The predicted molar refractivity (Wildman–Crippen MR) is 79.0 cm³/mol. The van der Waals surface area contributed by atoms with E-state index >= 15 is 0 Å². The molecule has 0 unspecified atom stereocenters. The van der Waals surface area contributed by atoms with Crippen molar-refractivity contribution >= 4 is 12.1 Å². The van der Waals surface area contributed by atoms with E-state index in [1.54, 1.807) is 39.8 Å². The number of pyridine rings is 1. The third-order valence-corrected chi connectivity index (χ3v) is 2.55. The van der Waals surface area contributed by atoms with Gasteiger partial charge in [0, 0.05) is 18.0 Å². The van der Waals surface area contributed by atoms with Gasteiger partial charge >= 0.3 is 12.1 Å². The van der Waals surface area contributed by atoms with Gasteiger partial charge in [-0.25, -0.2) is 9.59 Å². The summed E-state index contributed by atoms with van der Waals surface area (Å²) in [5.74, 6) is -0.746. The van der Waals surface area contributed by atoms with Crippen LogP contribution in [-0.4, -0.2) is 40.4 Å². The number of aliphatic hydroxyl groups is 1. The molecule has 22 heavy (non-hydrogen) atoms. The van der Waals surface area contributed by atoms with E-state index in [-0.39, 0.29) is 6.61 Å². The number of amides is 1. The molecule has 0 aliphatic rings. The molecule has 1 amide bonds. The van der Waals surface area contributed by atoms with Crippen molar-refractivity contribution in [1.82, 2.24) is 10.3 Å². The average Bonchev–Trinajstić information content (AvgIpc) is 2.43. The van der Waals surface area contributed by atoms with Crippen molar-refractivity contribution in [2.24, 2.45) is 0 Å². The number of hydrogen-bond acceptors (Lipinski definition) is 6. The maximum Gasteiger partial charge on any atom is 0.408 e. The van der Waals surface area contributed by atoms with E-state index < -0.39 is 29.8 Å². The van der Waals surface area contributed by atoms with Crippen LogP contribution in [0.15, 0.2) is 24.5 Å². The van der Waals surface area contributed by atoms with Gasteiger partial charge in [0.25, 0.3) is 0 Å². The molecule has 2 atom stereocenters. The fraction of sp³-hybridized carbons (Fsp3) is 0.533. The Morgan fingerprint density at radius 3 is 2.59 bits per heavy atom. The minimum absolute atomic E-state index is 0.130. The van der Waals surface area contributed by atoms with E-state index in [2.05, 4.69) is 10.3 Å². The van der Waals surface area contributed by atoms with E-state index in [0.29, 0.717) is 5.56 Å². The molecule has 1 rings (SSSR count). The molecule has 0 fully saturated rings. The Balaban J connectivity index is 2.89. The van der Waals surface area contributed by atoms with Gasteiger partial charge in [0.1, 0.15) is 11.7 Å². The lowest BCUT2D eigenvalue weighted by atomic mass is 10.0. The Kier molecular flexibility index (Phi) is 6.30. The monoisotopic (exact) mass is 310 g/mol. The largest absolute Gasteiger partial charge is 0.464 e. The van der Waals surface area contributed by atoms with Gasteiger partial charge in [0.2, 0.25) is 0 Å². The van der Waals surface area contributed by atoms with Crippen LogP contribution in [0.4, 0.5) is 4.79 Å². The third-order valence-electron chi connectivity index (χ3n) is 2.55. The van der Waals surface area contributed by atoms with Crippen LogP contribution in [0.5, 0.6) is 0 Å². The van der Waals surface area contributed by atoms with Crippen LogP contribution < -0.4 is 5.32 Å². The average molecular weight is 310 g/mol. The Morgan fingerprint density at radius 1 is 1.41 bits per heavy atom. The number of ether oxygens (including phenoxy) is 2. The van der Waals surface area contributed by atoms with Crippen LogP contribution in [0.3, 0.4) is 0 Å². The lowest BCUT2D eigenvalue weighted by Crippen LogP contribution is -2.47. The minimum atomic E-state index is -1.29. The van der Waals surface area contributed by atoms with Gasteiger partial charge in [-0.2, -0.15) is 0 Å². The molecular formula is C15H22N2O5. The van der Waals surface area contributed by atoms with E-state index in [0.717, 1.165) is 0 Å². The SMILES string of the molecule is CCOC(=O)[C@H](NC(=O)OC(C)(C)C)[C@@H](O)c1cccnc1. The number of nitrogens with zero attached hydrogens (tertiary/aromatic N) is 1. The Hall–Kier alpha value is -2.15. The van der Waals surface area contributed by atoms with Crippen LogP contribution in [0, 0.1) is 0 Å². The number of aromatic nitrogens is 1.